The van der Waals surface area contributed by atoms with Crippen molar-refractivity contribution in [2.45, 2.75) is 6.92 Å². The molecule has 0 unspecified atom stereocenters. The zero-order valence-electron chi connectivity index (χ0n) is 24.0. The molecule has 0 saturated heterocycles. The van der Waals surface area contributed by atoms with E-state index in [1.165, 1.54) is 0 Å². The van der Waals surface area contributed by atoms with E-state index in [0.29, 0.717) is 0 Å². The van der Waals surface area contributed by atoms with Crippen molar-refractivity contribution >= 4 is 83.4 Å². The maximum Gasteiger partial charge on any atom is 0.165 e. The monoisotopic (exact) mass is 566 g/mol. The van der Waals surface area contributed by atoms with Crippen LogP contribution in [0.15, 0.2) is 126 Å². The lowest BCUT2D eigenvalue weighted by Crippen LogP contribution is -2.28. The summed E-state index contributed by atoms with van der Waals surface area (Å²) in [6.45, 7) is 6.27. The SMILES string of the molecule is C=C/C=c1\c(=C(/C)c2ccccc2Nc2ccc3c(c2)oc2ccccc23)c2cccc3c4nc5ccccc5nc4n1c23. The van der Waals surface area contributed by atoms with E-state index < -0.39 is 0 Å². The highest BCUT2D eigenvalue weighted by molar-refractivity contribution is 6.13. The molecule has 1 N–H and O–H groups in total. The standard InChI is InChI=1S/C39H26N4O/c1-3-11-33-36(28-14-10-15-29-37-39(43(33)38(28)29)42-32-18-8-7-17-31(32)41-37)23(2)25-12-4-6-16-30(25)40-24-20-21-27-26-13-5-9-19-34(26)44-35(27)22-24/h3-22,40H,1H2,2H3/b33-11+,36-23+. The number of nitrogens with zero attached hydrogens (tertiary/aromatic N) is 3. The van der Waals surface area contributed by atoms with Crippen LogP contribution in [0, 0.1) is 0 Å². The Labute approximate surface area is 252 Å². The lowest BCUT2D eigenvalue weighted by Gasteiger charge is -2.13. The van der Waals surface area contributed by atoms with Crippen molar-refractivity contribution in [2.24, 2.45) is 0 Å². The van der Waals surface area contributed by atoms with Crippen LogP contribution in [0.4, 0.5) is 11.4 Å². The van der Waals surface area contributed by atoms with Gasteiger partial charge in [-0.3, -0.25) is 4.40 Å². The number of allylic oxidation sites excluding steroid dienone is 1. The van der Waals surface area contributed by atoms with Gasteiger partial charge < -0.3 is 9.73 Å². The number of aromatic nitrogens is 3. The molecule has 5 nitrogen and oxygen atoms in total. The van der Waals surface area contributed by atoms with Gasteiger partial charge in [0.05, 0.1) is 21.9 Å². The first kappa shape index (κ1) is 24.6. The molecule has 0 aliphatic heterocycles. The van der Waals surface area contributed by atoms with E-state index in [4.69, 9.17) is 14.4 Å². The molecule has 44 heavy (non-hydrogen) atoms. The van der Waals surface area contributed by atoms with Gasteiger partial charge in [-0.1, -0.05) is 79.4 Å². The maximum atomic E-state index is 6.17. The summed E-state index contributed by atoms with van der Waals surface area (Å²) in [4.78, 5) is 10.2. The van der Waals surface area contributed by atoms with Gasteiger partial charge in [-0.15, -0.1) is 0 Å². The zero-order valence-corrected chi connectivity index (χ0v) is 24.0. The average molecular weight is 567 g/mol. The van der Waals surface area contributed by atoms with Gasteiger partial charge in [0, 0.05) is 49.8 Å². The van der Waals surface area contributed by atoms with Gasteiger partial charge in [0.2, 0.25) is 0 Å². The predicted molar refractivity (Wildman–Crippen MR) is 182 cm³/mol. The van der Waals surface area contributed by atoms with Gasteiger partial charge in [-0.05, 0) is 55.0 Å². The second-order valence-electron chi connectivity index (χ2n) is 11.2. The van der Waals surface area contributed by atoms with Crippen LogP contribution in [0.3, 0.4) is 0 Å². The molecule has 9 rings (SSSR count). The highest BCUT2D eigenvalue weighted by atomic mass is 16.3. The van der Waals surface area contributed by atoms with Gasteiger partial charge in [0.1, 0.15) is 16.7 Å². The molecular formula is C39H26N4O. The lowest BCUT2D eigenvalue weighted by atomic mass is 10.0. The molecule has 4 aromatic heterocycles. The first-order valence-electron chi connectivity index (χ1n) is 14.7. The van der Waals surface area contributed by atoms with Crippen molar-refractivity contribution in [2.75, 3.05) is 5.32 Å². The van der Waals surface area contributed by atoms with Gasteiger partial charge in [0.25, 0.3) is 0 Å². The molecule has 5 aromatic carbocycles. The van der Waals surface area contributed by atoms with Crippen LogP contribution >= 0.6 is 0 Å². The summed E-state index contributed by atoms with van der Waals surface area (Å²) in [5.41, 5.74) is 10.7. The van der Waals surface area contributed by atoms with Gasteiger partial charge >= 0.3 is 0 Å². The molecule has 0 atom stereocenters. The first-order chi connectivity index (χ1) is 21.7. The van der Waals surface area contributed by atoms with Crippen molar-refractivity contribution in [3.63, 3.8) is 0 Å². The Morgan fingerprint density at radius 2 is 1.48 bits per heavy atom. The quantitative estimate of drug-likeness (QED) is 0.232. The number of hydrogen-bond acceptors (Lipinski definition) is 4. The Morgan fingerprint density at radius 3 is 2.36 bits per heavy atom. The largest absolute Gasteiger partial charge is 0.456 e. The van der Waals surface area contributed by atoms with E-state index in [0.717, 1.165) is 93.5 Å². The highest BCUT2D eigenvalue weighted by Crippen LogP contribution is 2.34. The number of hydrogen-bond donors (Lipinski definition) is 1. The third-order valence-electron chi connectivity index (χ3n) is 8.68. The second-order valence-corrected chi connectivity index (χ2v) is 11.2. The van der Waals surface area contributed by atoms with E-state index in [2.05, 4.69) is 96.0 Å². The molecule has 4 heterocycles. The fraction of sp³-hybridized carbons (Fsp3) is 0.0256. The predicted octanol–water partition coefficient (Wildman–Crippen LogP) is 8.46. The van der Waals surface area contributed by atoms with Gasteiger partial charge in [-0.25, -0.2) is 9.97 Å². The van der Waals surface area contributed by atoms with Gasteiger partial charge in [0.15, 0.2) is 5.65 Å². The summed E-state index contributed by atoms with van der Waals surface area (Å²) >= 11 is 0. The molecule has 0 fully saturated rings. The van der Waals surface area contributed by atoms with Crippen molar-refractivity contribution in [3.05, 3.63) is 138 Å². The van der Waals surface area contributed by atoms with Crippen LogP contribution in [0.5, 0.6) is 0 Å². The van der Waals surface area contributed by atoms with Crippen LogP contribution in [-0.2, 0) is 0 Å². The van der Waals surface area contributed by atoms with Gasteiger partial charge in [-0.2, -0.15) is 0 Å². The topological polar surface area (TPSA) is 55.4 Å². The number of furan rings is 1. The molecule has 5 heteroatoms. The smallest absolute Gasteiger partial charge is 0.165 e. The Kier molecular flexibility index (Phi) is 5.20. The summed E-state index contributed by atoms with van der Waals surface area (Å²) in [5, 5.41) is 10.4. The molecule has 9 aromatic rings. The Hall–Kier alpha value is -5.94. The number of fused-ring (bicyclic) bond motifs is 7. The summed E-state index contributed by atoms with van der Waals surface area (Å²) in [7, 11) is 0. The van der Waals surface area contributed by atoms with Crippen molar-refractivity contribution < 1.29 is 4.42 Å². The fourth-order valence-corrected chi connectivity index (χ4v) is 6.77. The minimum absolute atomic E-state index is 0.854. The summed E-state index contributed by atoms with van der Waals surface area (Å²) in [6, 6.07) is 37.5. The number of benzene rings is 5. The molecule has 0 amide bonds. The lowest BCUT2D eigenvalue weighted by molar-refractivity contribution is 0.669. The average Bonchev–Trinajstić information content (AvgIpc) is 3.70. The van der Waals surface area contributed by atoms with Crippen LogP contribution in [0.2, 0.25) is 0 Å². The Bertz CT molecular complexity index is 2730. The van der Waals surface area contributed by atoms with E-state index >= 15 is 0 Å². The molecule has 208 valence electrons. The third-order valence-corrected chi connectivity index (χ3v) is 8.68. The number of anilines is 2. The number of para-hydroxylation sites is 5. The normalized spacial score (nSPS) is 13.2. The highest BCUT2D eigenvalue weighted by Gasteiger charge is 2.20. The van der Waals surface area contributed by atoms with Crippen LogP contribution < -0.4 is 15.9 Å². The third kappa shape index (κ3) is 3.47. The maximum absolute atomic E-state index is 6.17. The minimum Gasteiger partial charge on any atom is -0.456 e. The summed E-state index contributed by atoms with van der Waals surface area (Å²) < 4.78 is 8.43. The van der Waals surface area contributed by atoms with Crippen molar-refractivity contribution in [1.82, 2.24) is 14.4 Å². The van der Waals surface area contributed by atoms with E-state index in [1.807, 2.05) is 48.5 Å². The molecule has 0 bridgehead atoms. The molecule has 0 saturated carbocycles. The Morgan fingerprint density at radius 1 is 0.750 bits per heavy atom. The molecule has 0 aliphatic rings. The van der Waals surface area contributed by atoms with E-state index in [-0.39, 0.29) is 0 Å². The molecule has 0 spiro atoms. The van der Waals surface area contributed by atoms with Crippen molar-refractivity contribution in [1.29, 1.82) is 0 Å². The number of nitrogens with one attached hydrogen (secondary N) is 1. The zero-order chi connectivity index (χ0) is 29.4. The molecule has 0 radical (unpaired) electrons. The van der Waals surface area contributed by atoms with E-state index in [1.54, 1.807) is 0 Å². The van der Waals surface area contributed by atoms with Crippen LogP contribution in [0.25, 0.3) is 72.1 Å². The molecule has 0 aliphatic carbocycles. The summed E-state index contributed by atoms with van der Waals surface area (Å²) in [6.07, 6.45) is 3.94. The van der Waals surface area contributed by atoms with E-state index in [9.17, 15) is 0 Å². The fourth-order valence-electron chi connectivity index (χ4n) is 6.77. The van der Waals surface area contributed by atoms with Crippen LogP contribution in [0.1, 0.15) is 12.5 Å². The van der Waals surface area contributed by atoms with Crippen LogP contribution in [-0.4, -0.2) is 14.4 Å². The Balaban J connectivity index is 1.29. The first-order valence-corrected chi connectivity index (χ1v) is 14.7. The molecular weight excluding hydrogens is 540 g/mol. The second kappa shape index (κ2) is 9.28. The van der Waals surface area contributed by atoms with Crippen molar-refractivity contribution in [3.8, 4) is 0 Å². The summed E-state index contributed by atoms with van der Waals surface area (Å²) in [5.74, 6) is 0. The number of rotatable bonds is 4. The minimum atomic E-state index is 0.854.